The second kappa shape index (κ2) is 6.44. The van der Waals surface area contributed by atoms with Crippen molar-refractivity contribution in [3.8, 4) is 0 Å². The van der Waals surface area contributed by atoms with Gasteiger partial charge >= 0.3 is 0 Å². The Labute approximate surface area is 142 Å². The van der Waals surface area contributed by atoms with Crippen molar-refractivity contribution in [3.05, 3.63) is 51.0 Å². The van der Waals surface area contributed by atoms with Gasteiger partial charge < -0.3 is 4.90 Å². The molecule has 0 bridgehead atoms. The molecule has 0 radical (unpaired) electrons. The maximum Gasteiger partial charge on any atom is 0.230 e. The molecule has 0 aliphatic heterocycles. The molecule has 1 amide bonds. The summed E-state index contributed by atoms with van der Waals surface area (Å²) >= 11 is 1.70. The maximum atomic E-state index is 13.1. The fourth-order valence-electron chi connectivity index (χ4n) is 3.56. The lowest BCUT2D eigenvalue weighted by molar-refractivity contribution is -0.133. The third-order valence-electron chi connectivity index (χ3n) is 4.91. The summed E-state index contributed by atoms with van der Waals surface area (Å²) in [5.41, 5.74) is 3.60. The predicted molar refractivity (Wildman–Crippen MR) is 94.9 cm³/mol. The van der Waals surface area contributed by atoms with Gasteiger partial charge in [-0.1, -0.05) is 24.3 Å². The number of rotatable bonds is 3. The van der Waals surface area contributed by atoms with Gasteiger partial charge in [0.15, 0.2) is 0 Å². The Bertz CT molecular complexity index is 722. The van der Waals surface area contributed by atoms with Gasteiger partial charge in [0.25, 0.3) is 0 Å². The van der Waals surface area contributed by atoms with Crippen molar-refractivity contribution in [2.75, 3.05) is 7.05 Å². The Kier molecular flexibility index (Phi) is 4.53. The minimum Gasteiger partial charge on any atom is -0.338 e. The van der Waals surface area contributed by atoms with Gasteiger partial charge in [-0.2, -0.15) is 0 Å². The van der Waals surface area contributed by atoms with Crippen LogP contribution >= 0.6 is 11.3 Å². The second-order valence-electron chi connectivity index (χ2n) is 6.45. The SMILES string of the molecule is Cc1nc(C)c(C(C)N(C)C(=O)C2CCCc3ccccc32)s1. The Morgan fingerprint density at radius 2 is 2.09 bits per heavy atom. The summed E-state index contributed by atoms with van der Waals surface area (Å²) in [5, 5.41) is 1.06. The third kappa shape index (κ3) is 3.05. The fourth-order valence-corrected chi connectivity index (χ4v) is 4.58. The van der Waals surface area contributed by atoms with Crippen LogP contribution in [0, 0.1) is 13.8 Å². The highest BCUT2D eigenvalue weighted by Crippen LogP contribution is 2.35. The van der Waals surface area contributed by atoms with Crippen molar-refractivity contribution in [2.45, 2.75) is 52.0 Å². The van der Waals surface area contributed by atoms with Crippen LogP contribution in [0.2, 0.25) is 0 Å². The number of benzene rings is 1. The van der Waals surface area contributed by atoms with E-state index in [4.69, 9.17) is 0 Å². The lowest BCUT2D eigenvalue weighted by Gasteiger charge is -2.32. The van der Waals surface area contributed by atoms with Crippen molar-refractivity contribution in [3.63, 3.8) is 0 Å². The Morgan fingerprint density at radius 1 is 1.35 bits per heavy atom. The van der Waals surface area contributed by atoms with Crippen LogP contribution < -0.4 is 0 Å². The number of nitrogens with zero attached hydrogens (tertiary/aromatic N) is 2. The molecule has 0 N–H and O–H groups in total. The number of fused-ring (bicyclic) bond motifs is 1. The Hall–Kier alpha value is -1.68. The number of amides is 1. The summed E-state index contributed by atoms with van der Waals surface area (Å²) in [6.07, 6.45) is 3.13. The molecule has 2 aromatic rings. The average molecular weight is 328 g/mol. The molecule has 2 atom stereocenters. The normalized spacial score (nSPS) is 18.3. The molecule has 2 unspecified atom stereocenters. The zero-order valence-corrected chi connectivity index (χ0v) is 15.1. The number of hydrogen-bond acceptors (Lipinski definition) is 3. The third-order valence-corrected chi connectivity index (χ3v) is 6.16. The van der Waals surface area contributed by atoms with Crippen molar-refractivity contribution in [2.24, 2.45) is 0 Å². The zero-order valence-electron chi connectivity index (χ0n) is 14.3. The van der Waals surface area contributed by atoms with Crippen molar-refractivity contribution in [1.82, 2.24) is 9.88 Å². The van der Waals surface area contributed by atoms with Crippen LogP contribution in [0.15, 0.2) is 24.3 Å². The fraction of sp³-hybridized carbons (Fsp3) is 0.474. The van der Waals surface area contributed by atoms with Crippen molar-refractivity contribution in [1.29, 1.82) is 0 Å². The number of aryl methyl sites for hydroxylation is 3. The molecule has 3 nitrogen and oxygen atoms in total. The van der Waals surface area contributed by atoms with E-state index in [0.29, 0.717) is 0 Å². The largest absolute Gasteiger partial charge is 0.338 e. The first-order chi connectivity index (χ1) is 11.0. The first kappa shape index (κ1) is 16.2. The van der Waals surface area contributed by atoms with Crippen LogP contribution in [-0.2, 0) is 11.2 Å². The van der Waals surface area contributed by atoms with E-state index in [1.54, 1.807) is 11.3 Å². The molecule has 3 rings (SSSR count). The van der Waals surface area contributed by atoms with E-state index in [2.05, 4.69) is 30.1 Å². The summed E-state index contributed by atoms with van der Waals surface area (Å²) in [6.45, 7) is 6.16. The average Bonchev–Trinajstić information content (AvgIpc) is 2.90. The van der Waals surface area contributed by atoms with Gasteiger partial charge in [0.1, 0.15) is 0 Å². The Balaban J connectivity index is 1.84. The van der Waals surface area contributed by atoms with Gasteiger partial charge in [0, 0.05) is 11.9 Å². The molecule has 1 aromatic heterocycles. The predicted octanol–water partition coefficient (Wildman–Crippen LogP) is 4.40. The molecule has 1 heterocycles. The van der Waals surface area contributed by atoms with Crippen LogP contribution in [0.4, 0.5) is 0 Å². The second-order valence-corrected chi connectivity index (χ2v) is 7.69. The molecular weight excluding hydrogens is 304 g/mol. The lowest BCUT2D eigenvalue weighted by Crippen LogP contribution is -2.35. The number of carbonyl (C=O) groups excluding carboxylic acids is 1. The van der Waals surface area contributed by atoms with Crippen molar-refractivity contribution < 1.29 is 4.79 Å². The van der Waals surface area contributed by atoms with Crippen LogP contribution in [0.1, 0.15) is 58.4 Å². The van der Waals surface area contributed by atoms with Gasteiger partial charge in [-0.15, -0.1) is 11.3 Å². The standard InChI is InChI=1S/C19H24N2OS/c1-12-18(23-14(3)20-12)13(2)21(4)19(22)17-11-7-9-15-8-5-6-10-16(15)17/h5-6,8,10,13,17H,7,9,11H2,1-4H3. The van der Waals surface area contributed by atoms with Gasteiger partial charge in [-0.25, -0.2) is 4.98 Å². The van der Waals surface area contributed by atoms with Crippen LogP contribution in [-0.4, -0.2) is 22.8 Å². The molecule has 0 saturated carbocycles. The van der Waals surface area contributed by atoms with E-state index in [1.807, 2.05) is 31.9 Å². The molecule has 1 aliphatic rings. The van der Waals surface area contributed by atoms with Gasteiger partial charge in [-0.05, 0) is 51.2 Å². The Morgan fingerprint density at radius 3 is 2.78 bits per heavy atom. The monoisotopic (exact) mass is 328 g/mol. The van der Waals surface area contributed by atoms with Crippen molar-refractivity contribution >= 4 is 17.2 Å². The lowest BCUT2D eigenvalue weighted by atomic mass is 9.82. The molecule has 0 spiro atoms. The summed E-state index contributed by atoms with van der Waals surface area (Å²) in [5.74, 6) is 0.233. The van der Waals surface area contributed by atoms with E-state index >= 15 is 0 Å². The molecular formula is C19H24N2OS. The number of hydrogen-bond donors (Lipinski definition) is 0. The summed E-state index contributed by atoms with van der Waals surface area (Å²) in [6, 6.07) is 8.47. The van der Waals surface area contributed by atoms with E-state index < -0.39 is 0 Å². The summed E-state index contributed by atoms with van der Waals surface area (Å²) < 4.78 is 0. The highest BCUT2D eigenvalue weighted by atomic mass is 32.1. The van der Waals surface area contributed by atoms with E-state index in [0.717, 1.165) is 30.0 Å². The van der Waals surface area contributed by atoms with Crippen LogP contribution in [0.5, 0.6) is 0 Å². The highest BCUT2D eigenvalue weighted by Gasteiger charge is 2.31. The van der Waals surface area contributed by atoms with E-state index in [-0.39, 0.29) is 17.9 Å². The number of aromatic nitrogens is 1. The first-order valence-corrected chi connectivity index (χ1v) is 9.09. The van der Waals surface area contributed by atoms with Gasteiger partial charge in [0.2, 0.25) is 5.91 Å². The first-order valence-electron chi connectivity index (χ1n) is 8.27. The summed E-state index contributed by atoms with van der Waals surface area (Å²) in [7, 11) is 1.93. The molecule has 1 aliphatic carbocycles. The minimum atomic E-state index is 0.00160. The molecule has 0 fully saturated rings. The zero-order chi connectivity index (χ0) is 16.6. The number of thiazole rings is 1. The molecule has 23 heavy (non-hydrogen) atoms. The number of likely N-dealkylation sites (N-methyl/N-ethyl adjacent to an activating group) is 1. The van der Waals surface area contributed by atoms with Crippen LogP contribution in [0.3, 0.4) is 0 Å². The van der Waals surface area contributed by atoms with Gasteiger partial charge in [0.05, 0.1) is 22.7 Å². The summed E-state index contributed by atoms with van der Waals surface area (Å²) in [4.78, 5) is 20.7. The van der Waals surface area contributed by atoms with Crippen LogP contribution in [0.25, 0.3) is 0 Å². The smallest absolute Gasteiger partial charge is 0.230 e. The molecule has 0 saturated heterocycles. The molecule has 122 valence electrons. The van der Waals surface area contributed by atoms with E-state index in [1.165, 1.54) is 16.0 Å². The van der Waals surface area contributed by atoms with Gasteiger partial charge in [-0.3, -0.25) is 4.79 Å². The maximum absolute atomic E-state index is 13.1. The highest BCUT2D eigenvalue weighted by molar-refractivity contribution is 7.11. The quantitative estimate of drug-likeness (QED) is 0.836. The number of carbonyl (C=O) groups is 1. The molecule has 4 heteroatoms. The van der Waals surface area contributed by atoms with E-state index in [9.17, 15) is 4.79 Å². The molecule has 1 aromatic carbocycles. The minimum absolute atomic E-state index is 0.00160. The topological polar surface area (TPSA) is 33.2 Å².